The van der Waals surface area contributed by atoms with Gasteiger partial charge in [-0.1, -0.05) is 43.0 Å². The van der Waals surface area contributed by atoms with Gasteiger partial charge in [0.1, 0.15) is 0 Å². The molecule has 1 aromatic rings. The maximum absolute atomic E-state index is 12.8. The summed E-state index contributed by atoms with van der Waals surface area (Å²) in [5.74, 6) is -0.0419. The first-order valence-electron chi connectivity index (χ1n) is 8.20. The van der Waals surface area contributed by atoms with Crippen LogP contribution < -0.4 is 0 Å². The molecule has 1 aromatic carbocycles. The fourth-order valence-electron chi connectivity index (χ4n) is 3.01. The number of hydrogen-bond acceptors (Lipinski definition) is 3. The molecule has 0 radical (unpaired) electrons. The molecule has 0 saturated heterocycles. The van der Waals surface area contributed by atoms with E-state index in [1.165, 1.54) is 13.5 Å². The number of nitrogens with zero attached hydrogens (tertiary/aromatic N) is 1. The minimum absolute atomic E-state index is 0.0914. The van der Waals surface area contributed by atoms with E-state index in [0.29, 0.717) is 18.1 Å². The lowest BCUT2D eigenvalue weighted by Gasteiger charge is -2.29. The third-order valence-corrected chi connectivity index (χ3v) is 4.62. The van der Waals surface area contributed by atoms with Gasteiger partial charge < -0.3 is 9.64 Å². The van der Waals surface area contributed by atoms with Crippen LogP contribution in [0.25, 0.3) is 0 Å². The van der Waals surface area contributed by atoms with Gasteiger partial charge in [-0.3, -0.25) is 9.59 Å². The zero-order valence-corrected chi connectivity index (χ0v) is 14.3. The Labute approximate surface area is 142 Å². The fraction of sp³-hybridized carbons (Fsp3) is 0.556. The predicted molar refractivity (Wildman–Crippen MR) is 90.1 cm³/mol. The average Bonchev–Trinajstić information content (AvgIpc) is 2.60. The first-order valence-corrected chi connectivity index (χ1v) is 8.58. The van der Waals surface area contributed by atoms with E-state index in [2.05, 4.69) is 0 Å². The number of esters is 1. The van der Waals surface area contributed by atoms with Crippen molar-refractivity contribution in [1.82, 2.24) is 4.90 Å². The van der Waals surface area contributed by atoms with E-state index in [9.17, 15) is 9.59 Å². The molecule has 1 aliphatic rings. The SMILES string of the molecule is COC(=O)CCN(Cc1ccc(Cl)cc1)C(=O)C1CCCCC1. The lowest BCUT2D eigenvalue weighted by Crippen LogP contribution is -2.38. The van der Waals surface area contributed by atoms with Crippen molar-refractivity contribution in [2.45, 2.75) is 45.1 Å². The normalized spacial score (nSPS) is 15.2. The van der Waals surface area contributed by atoms with Crippen LogP contribution in [0.1, 0.15) is 44.1 Å². The third-order valence-electron chi connectivity index (χ3n) is 4.37. The van der Waals surface area contributed by atoms with E-state index >= 15 is 0 Å². The second kappa shape index (κ2) is 8.92. The monoisotopic (exact) mass is 337 g/mol. The number of halogens is 1. The molecule has 5 heteroatoms. The van der Waals surface area contributed by atoms with Gasteiger partial charge in [-0.05, 0) is 30.5 Å². The van der Waals surface area contributed by atoms with Crippen molar-refractivity contribution in [3.05, 3.63) is 34.9 Å². The molecule has 0 heterocycles. The summed E-state index contributed by atoms with van der Waals surface area (Å²) in [6.07, 6.45) is 5.57. The number of amides is 1. The predicted octanol–water partition coefficient (Wildman–Crippen LogP) is 3.81. The van der Waals surface area contributed by atoms with Gasteiger partial charge in [-0.25, -0.2) is 0 Å². The number of benzene rings is 1. The molecule has 0 spiro atoms. The van der Waals surface area contributed by atoms with E-state index in [4.69, 9.17) is 16.3 Å². The van der Waals surface area contributed by atoms with Crippen LogP contribution in [0.2, 0.25) is 5.02 Å². The minimum Gasteiger partial charge on any atom is -0.469 e. The van der Waals surface area contributed by atoms with Gasteiger partial charge in [0.2, 0.25) is 5.91 Å². The Morgan fingerprint density at radius 2 is 1.83 bits per heavy atom. The maximum atomic E-state index is 12.8. The summed E-state index contributed by atoms with van der Waals surface area (Å²) in [5, 5.41) is 0.675. The van der Waals surface area contributed by atoms with Crippen LogP contribution in [0, 0.1) is 5.92 Å². The number of rotatable bonds is 6. The lowest BCUT2D eigenvalue weighted by atomic mass is 9.88. The molecule has 0 bridgehead atoms. The van der Waals surface area contributed by atoms with Crippen LogP contribution in [-0.2, 0) is 20.9 Å². The van der Waals surface area contributed by atoms with Gasteiger partial charge in [0, 0.05) is 24.0 Å². The Balaban J connectivity index is 2.04. The van der Waals surface area contributed by atoms with Crippen molar-refractivity contribution < 1.29 is 14.3 Å². The van der Waals surface area contributed by atoms with Crippen molar-refractivity contribution in [1.29, 1.82) is 0 Å². The molecule has 4 nitrogen and oxygen atoms in total. The summed E-state index contributed by atoms with van der Waals surface area (Å²) in [6, 6.07) is 7.48. The van der Waals surface area contributed by atoms with E-state index in [0.717, 1.165) is 31.2 Å². The average molecular weight is 338 g/mol. The second-order valence-electron chi connectivity index (χ2n) is 6.05. The van der Waals surface area contributed by atoms with E-state index in [-0.39, 0.29) is 24.2 Å². The molecule has 1 amide bonds. The van der Waals surface area contributed by atoms with Crippen LogP contribution in [0.15, 0.2) is 24.3 Å². The third kappa shape index (κ3) is 5.54. The van der Waals surface area contributed by atoms with Gasteiger partial charge in [-0.2, -0.15) is 0 Å². The molecule has 0 unspecified atom stereocenters. The molecule has 0 aliphatic heterocycles. The highest BCUT2D eigenvalue weighted by Gasteiger charge is 2.26. The fourth-order valence-corrected chi connectivity index (χ4v) is 3.14. The smallest absolute Gasteiger partial charge is 0.307 e. The van der Waals surface area contributed by atoms with Gasteiger partial charge >= 0.3 is 5.97 Å². The summed E-state index contributed by atoms with van der Waals surface area (Å²) in [4.78, 5) is 26.0. The summed E-state index contributed by atoms with van der Waals surface area (Å²) in [5.41, 5.74) is 1.02. The number of carbonyl (C=O) groups is 2. The van der Waals surface area contributed by atoms with Gasteiger partial charge in [0.25, 0.3) is 0 Å². The summed E-state index contributed by atoms with van der Waals surface area (Å²) in [6.45, 7) is 0.897. The molecule has 0 aromatic heterocycles. The first kappa shape index (κ1) is 17.8. The Morgan fingerprint density at radius 3 is 2.43 bits per heavy atom. The van der Waals surface area contributed by atoms with Crippen molar-refractivity contribution in [3.8, 4) is 0 Å². The first-order chi connectivity index (χ1) is 11.1. The van der Waals surface area contributed by atoms with Gasteiger partial charge in [-0.15, -0.1) is 0 Å². The van der Waals surface area contributed by atoms with Crippen LogP contribution >= 0.6 is 11.6 Å². The highest BCUT2D eigenvalue weighted by Crippen LogP contribution is 2.26. The van der Waals surface area contributed by atoms with Crippen molar-refractivity contribution >= 4 is 23.5 Å². The number of hydrogen-bond donors (Lipinski definition) is 0. The van der Waals surface area contributed by atoms with Gasteiger partial charge in [0.15, 0.2) is 0 Å². The molecule has 23 heavy (non-hydrogen) atoms. The number of carbonyl (C=O) groups excluding carboxylic acids is 2. The molecule has 1 saturated carbocycles. The molecule has 1 fully saturated rings. The highest BCUT2D eigenvalue weighted by molar-refractivity contribution is 6.30. The Morgan fingerprint density at radius 1 is 1.17 bits per heavy atom. The Hall–Kier alpha value is -1.55. The van der Waals surface area contributed by atoms with Crippen molar-refractivity contribution in [2.24, 2.45) is 5.92 Å². The molecule has 0 N–H and O–H groups in total. The highest BCUT2D eigenvalue weighted by atomic mass is 35.5. The van der Waals surface area contributed by atoms with Crippen molar-refractivity contribution in [3.63, 3.8) is 0 Å². The topological polar surface area (TPSA) is 46.6 Å². The quantitative estimate of drug-likeness (QED) is 0.741. The summed E-state index contributed by atoms with van der Waals surface area (Å²) in [7, 11) is 1.37. The maximum Gasteiger partial charge on any atom is 0.307 e. The minimum atomic E-state index is -0.289. The van der Waals surface area contributed by atoms with E-state index in [1.54, 1.807) is 4.90 Å². The van der Waals surface area contributed by atoms with E-state index < -0.39 is 0 Å². The summed E-state index contributed by atoms with van der Waals surface area (Å²) < 4.78 is 4.70. The molecule has 2 rings (SSSR count). The molecule has 0 atom stereocenters. The van der Waals surface area contributed by atoms with Crippen LogP contribution in [-0.4, -0.2) is 30.4 Å². The Bertz CT molecular complexity index is 524. The van der Waals surface area contributed by atoms with Crippen LogP contribution in [0.3, 0.4) is 0 Å². The lowest BCUT2D eigenvalue weighted by molar-refractivity contribution is -0.143. The summed E-state index contributed by atoms with van der Waals surface area (Å²) >= 11 is 5.91. The van der Waals surface area contributed by atoms with E-state index in [1.807, 2.05) is 24.3 Å². The van der Waals surface area contributed by atoms with Gasteiger partial charge in [0.05, 0.1) is 13.5 Å². The number of methoxy groups -OCH3 is 1. The number of ether oxygens (including phenoxy) is 1. The zero-order chi connectivity index (χ0) is 16.7. The standard InChI is InChI=1S/C18H24ClNO3/c1-23-17(21)11-12-20(13-14-7-9-16(19)10-8-14)18(22)15-5-3-2-4-6-15/h7-10,15H,2-6,11-13H2,1H3. The van der Waals surface area contributed by atoms with Crippen LogP contribution in [0.4, 0.5) is 0 Å². The van der Waals surface area contributed by atoms with Crippen molar-refractivity contribution in [2.75, 3.05) is 13.7 Å². The molecule has 126 valence electrons. The molecular weight excluding hydrogens is 314 g/mol. The zero-order valence-electron chi connectivity index (χ0n) is 13.6. The molecular formula is C18H24ClNO3. The largest absolute Gasteiger partial charge is 0.469 e. The molecule has 1 aliphatic carbocycles. The second-order valence-corrected chi connectivity index (χ2v) is 6.48. The van der Waals surface area contributed by atoms with Crippen LogP contribution in [0.5, 0.6) is 0 Å². The Kier molecular flexibility index (Phi) is 6.90.